The standard InChI is InChI=1S/C20H23F3N4O/c1-13-2-4-16(5-3-13)27-18(20(21,22)23)17(12-25-27)19(28)26-8-6-14-10-24-11-15(14)7-9-26/h2-5,12,14-15,24H,6-11H2,1H3/t14-,15+. The first-order valence-electron chi connectivity index (χ1n) is 9.57. The van der Waals surface area contributed by atoms with Crippen LogP contribution >= 0.6 is 0 Å². The Balaban J connectivity index is 1.65. The van der Waals surface area contributed by atoms with Gasteiger partial charge in [-0.25, -0.2) is 4.68 Å². The first-order valence-corrected chi connectivity index (χ1v) is 9.57. The molecular weight excluding hydrogens is 369 g/mol. The minimum absolute atomic E-state index is 0.286. The second kappa shape index (κ2) is 7.24. The van der Waals surface area contributed by atoms with Crippen molar-refractivity contribution in [2.45, 2.75) is 25.9 Å². The fourth-order valence-electron chi connectivity index (χ4n) is 4.25. The van der Waals surface area contributed by atoms with Gasteiger partial charge >= 0.3 is 6.18 Å². The van der Waals surface area contributed by atoms with E-state index in [4.69, 9.17) is 0 Å². The summed E-state index contributed by atoms with van der Waals surface area (Å²) in [7, 11) is 0. The van der Waals surface area contributed by atoms with Crippen molar-refractivity contribution in [2.24, 2.45) is 11.8 Å². The van der Waals surface area contributed by atoms with Crippen LogP contribution in [0.1, 0.15) is 34.5 Å². The Morgan fingerprint density at radius 1 is 1.11 bits per heavy atom. The molecule has 3 heterocycles. The molecule has 150 valence electrons. The molecule has 0 unspecified atom stereocenters. The summed E-state index contributed by atoms with van der Waals surface area (Å²) in [6, 6.07) is 6.60. The van der Waals surface area contributed by atoms with Gasteiger partial charge in [0.05, 0.1) is 17.4 Å². The van der Waals surface area contributed by atoms with Gasteiger partial charge in [-0.2, -0.15) is 18.3 Å². The monoisotopic (exact) mass is 392 g/mol. The van der Waals surface area contributed by atoms with Crippen molar-refractivity contribution >= 4 is 5.91 Å². The second-order valence-corrected chi connectivity index (χ2v) is 7.70. The first-order chi connectivity index (χ1) is 13.3. The molecule has 2 saturated heterocycles. The lowest BCUT2D eigenvalue weighted by Crippen LogP contribution is -2.34. The molecule has 2 aromatic rings. The van der Waals surface area contributed by atoms with E-state index < -0.39 is 17.8 Å². The van der Waals surface area contributed by atoms with Gasteiger partial charge < -0.3 is 10.2 Å². The lowest BCUT2D eigenvalue weighted by atomic mass is 9.92. The Hall–Kier alpha value is -2.35. The number of rotatable bonds is 2. The minimum atomic E-state index is -4.68. The molecule has 0 spiro atoms. The molecule has 1 aromatic carbocycles. The van der Waals surface area contributed by atoms with Gasteiger partial charge in [0.2, 0.25) is 0 Å². The van der Waals surface area contributed by atoms with Crippen molar-refractivity contribution in [3.05, 3.63) is 47.3 Å². The van der Waals surface area contributed by atoms with E-state index in [0.29, 0.717) is 24.9 Å². The quantitative estimate of drug-likeness (QED) is 0.854. The first kappa shape index (κ1) is 19.0. The molecule has 2 fully saturated rings. The third kappa shape index (κ3) is 3.53. The number of hydrogen-bond donors (Lipinski definition) is 1. The Bertz CT molecular complexity index is 845. The molecule has 8 heteroatoms. The Kier molecular flexibility index (Phi) is 4.91. The average molecular weight is 392 g/mol. The number of halogens is 3. The maximum atomic E-state index is 13.9. The summed E-state index contributed by atoms with van der Waals surface area (Å²) in [6.45, 7) is 4.66. The Morgan fingerprint density at radius 3 is 2.29 bits per heavy atom. The van der Waals surface area contributed by atoms with Crippen LogP contribution in [0.4, 0.5) is 13.2 Å². The van der Waals surface area contributed by atoms with Gasteiger partial charge in [-0.15, -0.1) is 0 Å². The van der Waals surface area contributed by atoms with Crippen molar-refractivity contribution in [1.82, 2.24) is 20.0 Å². The molecule has 1 amide bonds. The number of hydrogen-bond acceptors (Lipinski definition) is 3. The number of likely N-dealkylation sites (tertiary alicyclic amines) is 1. The van der Waals surface area contributed by atoms with E-state index in [-0.39, 0.29) is 11.3 Å². The van der Waals surface area contributed by atoms with Crippen LogP contribution in [-0.2, 0) is 6.18 Å². The highest BCUT2D eigenvalue weighted by Crippen LogP contribution is 2.35. The highest BCUT2D eigenvalue weighted by molar-refractivity contribution is 5.95. The number of aromatic nitrogens is 2. The molecule has 0 aliphatic carbocycles. The van der Waals surface area contributed by atoms with E-state index >= 15 is 0 Å². The molecule has 0 bridgehead atoms. The molecule has 0 radical (unpaired) electrons. The summed E-state index contributed by atoms with van der Waals surface area (Å²) in [6.07, 6.45) is -2.00. The normalized spacial score (nSPS) is 22.8. The number of fused-ring (bicyclic) bond motifs is 1. The van der Waals surface area contributed by atoms with Crippen LogP contribution in [0.5, 0.6) is 0 Å². The van der Waals surface area contributed by atoms with Crippen LogP contribution in [0, 0.1) is 18.8 Å². The number of alkyl halides is 3. The highest BCUT2D eigenvalue weighted by Gasteiger charge is 2.42. The molecular formula is C20H23F3N4O. The van der Waals surface area contributed by atoms with Crippen molar-refractivity contribution in [2.75, 3.05) is 26.2 Å². The molecule has 5 nitrogen and oxygen atoms in total. The smallest absolute Gasteiger partial charge is 0.339 e. The summed E-state index contributed by atoms with van der Waals surface area (Å²) in [4.78, 5) is 14.6. The molecule has 0 saturated carbocycles. The Labute approximate surface area is 161 Å². The van der Waals surface area contributed by atoms with E-state index in [2.05, 4.69) is 10.4 Å². The molecule has 2 aliphatic rings. The van der Waals surface area contributed by atoms with Gasteiger partial charge in [-0.3, -0.25) is 4.79 Å². The molecule has 2 aliphatic heterocycles. The topological polar surface area (TPSA) is 50.2 Å². The van der Waals surface area contributed by atoms with E-state index in [1.165, 1.54) is 0 Å². The van der Waals surface area contributed by atoms with Crippen molar-refractivity contribution in [3.63, 3.8) is 0 Å². The molecule has 1 aromatic heterocycles. The van der Waals surface area contributed by atoms with Crippen LogP contribution in [0.2, 0.25) is 0 Å². The predicted molar refractivity (Wildman–Crippen MR) is 98.3 cm³/mol. The van der Waals surface area contributed by atoms with Gasteiger partial charge in [-0.05, 0) is 56.8 Å². The van der Waals surface area contributed by atoms with Crippen LogP contribution in [-0.4, -0.2) is 46.8 Å². The summed E-state index contributed by atoms with van der Waals surface area (Å²) in [5.41, 5.74) is -0.162. The van der Waals surface area contributed by atoms with Gasteiger partial charge in [0, 0.05) is 13.1 Å². The fraction of sp³-hybridized carbons (Fsp3) is 0.500. The third-order valence-electron chi connectivity index (χ3n) is 5.85. The van der Waals surface area contributed by atoms with Gasteiger partial charge in [0.1, 0.15) is 0 Å². The van der Waals surface area contributed by atoms with Crippen molar-refractivity contribution < 1.29 is 18.0 Å². The van der Waals surface area contributed by atoms with E-state index in [0.717, 1.165) is 42.4 Å². The van der Waals surface area contributed by atoms with E-state index in [9.17, 15) is 18.0 Å². The van der Waals surface area contributed by atoms with Crippen LogP contribution in [0.3, 0.4) is 0 Å². The fourth-order valence-corrected chi connectivity index (χ4v) is 4.25. The van der Waals surface area contributed by atoms with Crippen LogP contribution in [0.25, 0.3) is 5.69 Å². The number of carbonyl (C=O) groups is 1. The zero-order valence-corrected chi connectivity index (χ0v) is 15.7. The zero-order valence-electron chi connectivity index (χ0n) is 15.7. The van der Waals surface area contributed by atoms with Crippen LogP contribution in [0.15, 0.2) is 30.5 Å². The highest BCUT2D eigenvalue weighted by atomic mass is 19.4. The molecule has 1 N–H and O–H groups in total. The number of aryl methyl sites for hydroxylation is 1. The molecule has 4 rings (SSSR count). The van der Waals surface area contributed by atoms with Crippen molar-refractivity contribution in [3.8, 4) is 5.69 Å². The number of amides is 1. The third-order valence-corrected chi connectivity index (χ3v) is 5.85. The lowest BCUT2D eigenvalue weighted by Gasteiger charge is -2.21. The average Bonchev–Trinajstić information content (AvgIpc) is 3.24. The molecule has 28 heavy (non-hydrogen) atoms. The van der Waals surface area contributed by atoms with Gasteiger partial charge in [-0.1, -0.05) is 17.7 Å². The molecule has 2 atom stereocenters. The zero-order chi connectivity index (χ0) is 19.9. The van der Waals surface area contributed by atoms with E-state index in [1.807, 2.05) is 6.92 Å². The number of benzene rings is 1. The number of carbonyl (C=O) groups excluding carboxylic acids is 1. The lowest BCUT2D eigenvalue weighted by molar-refractivity contribution is -0.143. The summed E-state index contributed by atoms with van der Waals surface area (Å²) < 4.78 is 42.4. The summed E-state index contributed by atoms with van der Waals surface area (Å²) in [5, 5.41) is 7.27. The number of nitrogens with one attached hydrogen (secondary N) is 1. The van der Waals surface area contributed by atoms with Gasteiger partial charge in [0.25, 0.3) is 5.91 Å². The predicted octanol–water partition coefficient (Wildman–Crippen LogP) is 3.27. The van der Waals surface area contributed by atoms with E-state index in [1.54, 1.807) is 29.2 Å². The maximum absolute atomic E-state index is 13.9. The Morgan fingerprint density at radius 2 is 1.71 bits per heavy atom. The second-order valence-electron chi connectivity index (χ2n) is 7.70. The summed E-state index contributed by atoms with van der Waals surface area (Å²) in [5.74, 6) is 0.406. The SMILES string of the molecule is Cc1ccc(-n2ncc(C(=O)N3CC[C@@H]4CNC[C@@H]4CC3)c2C(F)(F)F)cc1. The van der Waals surface area contributed by atoms with Crippen LogP contribution < -0.4 is 5.32 Å². The maximum Gasteiger partial charge on any atom is 0.434 e. The summed E-state index contributed by atoms with van der Waals surface area (Å²) >= 11 is 0. The number of nitrogens with zero attached hydrogens (tertiary/aromatic N) is 3. The van der Waals surface area contributed by atoms with Crippen molar-refractivity contribution in [1.29, 1.82) is 0 Å². The van der Waals surface area contributed by atoms with Gasteiger partial charge in [0.15, 0.2) is 5.69 Å². The minimum Gasteiger partial charge on any atom is -0.339 e. The largest absolute Gasteiger partial charge is 0.434 e.